The molecule has 112 valence electrons. The molecule has 21 heavy (non-hydrogen) atoms. The first-order valence-electron chi connectivity index (χ1n) is 7.17. The first-order valence-corrected chi connectivity index (χ1v) is 7.55. The summed E-state index contributed by atoms with van der Waals surface area (Å²) in [5.41, 5.74) is 3.40. The highest BCUT2D eigenvalue weighted by Crippen LogP contribution is 2.30. The van der Waals surface area contributed by atoms with Crippen molar-refractivity contribution in [3.05, 3.63) is 46.9 Å². The van der Waals surface area contributed by atoms with Crippen LogP contribution in [0.5, 0.6) is 0 Å². The third-order valence-corrected chi connectivity index (χ3v) is 3.73. The van der Waals surface area contributed by atoms with Gasteiger partial charge in [-0.05, 0) is 29.0 Å². The van der Waals surface area contributed by atoms with Crippen molar-refractivity contribution < 1.29 is 0 Å². The van der Waals surface area contributed by atoms with E-state index in [0.29, 0.717) is 5.15 Å². The van der Waals surface area contributed by atoms with Crippen LogP contribution in [0.1, 0.15) is 51.7 Å². The summed E-state index contributed by atoms with van der Waals surface area (Å²) in [6, 6.07) is 8.42. The molecule has 4 heteroatoms. The van der Waals surface area contributed by atoms with Crippen molar-refractivity contribution in [2.45, 2.75) is 46.0 Å². The third kappa shape index (κ3) is 3.73. The van der Waals surface area contributed by atoms with E-state index >= 15 is 0 Å². The summed E-state index contributed by atoms with van der Waals surface area (Å²) in [5, 5.41) is 3.85. The number of aromatic nitrogens is 2. The molecule has 2 aromatic rings. The van der Waals surface area contributed by atoms with Crippen molar-refractivity contribution in [3.63, 3.8) is 0 Å². The minimum Gasteiger partial charge on any atom is -0.340 e. The molecule has 0 saturated carbocycles. The Labute approximate surface area is 131 Å². The lowest BCUT2D eigenvalue weighted by molar-refractivity contribution is 0.590. The molecule has 0 aliphatic carbocycles. The smallest absolute Gasteiger partial charge is 0.138 e. The van der Waals surface area contributed by atoms with Gasteiger partial charge in [0.1, 0.15) is 17.3 Å². The van der Waals surface area contributed by atoms with Gasteiger partial charge in [-0.25, -0.2) is 9.97 Å². The van der Waals surface area contributed by atoms with Crippen molar-refractivity contribution >= 4 is 23.1 Å². The normalized spacial score (nSPS) is 11.8. The van der Waals surface area contributed by atoms with Crippen molar-refractivity contribution in [2.24, 2.45) is 0 Å². The summed E-state index contributed by atoms with van der Waals surface area (Å²) in [6.07, 6.45) is 1.49. The second-order valence-corrected chi connectivity index (χ2v) is 6.89. The van der Waals surface area contributed by atoms with Gasteiger partial charge in [0, 0.05) is 11.3 Å². The van der Waals surface area contributed by atoms with Crippen molar-refractivity contribution in [3.8, 4) is 0 Å². The second-order valence-electron chi connectivity index (χ2n) is 6.53. The SMILES string of the molecule is CC(C)c1c(Cl)ncnc1Nc1ccc(C(C)(C)C)cc1. The van der Waals surface area contributed by atoms with Crippen LogP contribution in [0.2, 0.25) is 5.15 Å². The Morgan fingerprint density at radius 1 is 1.05 bits per heavy atom. The zero-order chi connectivity index (χ0) is 15.6. The Balaban J connectivity index is 2.29. The van der Waals surface area contributed by atoms with Crippen LogP contribution >= 0.6 is 11.6 Å². The predicted molar refractivity (Wildman–Crippen MR) is 89.6 cm³/mol. The zero-order valence-corrected chi connectivity index (χ0v) is 14.0. The number of anilines is 2. The Morgan fingerprint density at radius 2 is 1.67 bits per heavy atom. The highest BCUT2D eigenvalue weighted by atomic mass is 35.5. The fraction of sp³-hybridized carbons (Fsp3) is 0.412. The van der Waals surface area contributed by atoms with Gasteiger partial charge in [0.2, 0.25) is 0 Å². The molecule has 0 aliphatic heterocycles. The molecule has 0 bridgehead atoms. The van der Waals surface area contributed by atoms with Crippen LogP contribution in [0.25, 0.3) is 0 Å². The van der Waals surface area contributed by atoms with Crippen LogP contribution in [-0.2, 0) is 5.41 Å². The van der Waals surface area contributed by atoms with E-state index in [-0.39, 0.29) is 11.3 Å². The average molecular weight is 304 g/mol. The van der Waals surface area contributed by atoms with Crippen LogP contribution in [0.15, 0.2) is 30.6 Å². The summed E-state index contributed by atoms with van der Waals surface area (Å²) >= 11 is 6.18. The molecule has 1 N–H and O–H groups in total. The van der Waals surface area contributed by atoms with Crippen molar-refractivity contribution in [1.29, 1.82) is 0 Å². The molecule has 2 rings (SSSR count). The van der Waals surface area contributed by atoms with Crippen molar-refractivity contribution in [2.75, 3.05) is 5.32 Å². The van der Waals surface area contributed by atoms with Gasteiger partial charge in [-0.2, -0.15) is 0 Å². The van der Waals surface area contributed by atoms with E-state index in [2.05, 4.69) is 74.2 Å². The summed E-state index contributed by atoms with van der Waals surface area (Å²) < 4.78 is 0. The number of rotatable bonds is 3. The molecular weight excluding hydrogens is 282 g/mol. The molecular formula is C17H22ClN3. The summed E-state index contributed by atoms with van der Waals surface area (Å²) in [7, 11) is 0. The van der Waals surface area contributed by atoms with Gasteiger partial charge in [0.25, 0.3) is 0 Å². The summed E-state index contributed by atoms with van der Waals surface area (Å²) in [4.78, 5) is 8.38. The molecule has 3 nitrogen and oxygen atoms in total. The van der Waals surface area contributed by atoms with Gasteiger partial charge in [0.05, 0.1) is 0 Å². The Bertz CT molecular complexity index is 613. The van der Waals surface area contributed by atoms with Crippen LogP contribution in [0, 0.1) is 0 Å². The first kappa shape index (κ1) is 15.8. The molecule has 1 aromatic heterocycles. The second kappa shape index (κ2) is 6.02. The van der Waals surface area contributed by atoms with Crippen LogP contribution in [0.4, 0.5) is 11.5 Å². The van der Waals surface area contributed by atoms with E-state index in [9.17, 15) is 0 Å². The molecule has 1 heterocycles. The summed E-state index contributed by atoms with van der Waals surface area (Å²) in [5.74, 6) is 1.03. The lowest BCUT2D eigenvalue weighted by Crippen LogP contribution is -2.10. The van der Waals surface area contributed by atoms with Gasteiger partial charge < -0.3 is 5.32 Å². The lowest BCUT2D eigenvalue weighted by atomic mass is 9.87. The van der Waals surface area contributed by atoms with Gasteiger partial charge in [0.15, 0.2) is 0 Å². The molecule has 0 spiro atoms. The first-order chi connectivity index (χ1) is 9.79. The Hall–Kier alpha value is -1.61. The molecule has 0 radical (unpaired) electrons. The maximum absolute atomic E-state index is 6.18. The topological polar surface area (TPSA) is 37.8 Å². The van der Waals surface area contributed by atoms with E-state index in [4.69, 9.17) is 11.6 Å². The van der Waals surface area contributed by atoms with Gasteiger partial charge in [-0.1, -0.05) is 58.4 Å². The highest BCUT2D eigenvalue weighted by molar-refractivity contribution is 6.30. The maximum atomic E-state index is 6.18. The van der Waals surface area contributed by atoms with E-state index in [0.717, 1.165) is 17.1 Å². The molecule has 0 amide bonds. The Morgan fingerprint density at radius 3 is 2.19 bits per heavy atom. The van der Waals surface area contributed by atoms with E-state index in [1.165, 1.54) is 11.9 Å². The standard InChI is InChI=1S/C17H22ClN3/c1-11(2)14-15(18)19-10-20-16(14)21-13-8-6-12(7-9-13)17(3,4)5/h6-11H,1-5H3,(H,19,20,21). The third-order valence-electron chi connectivity index (χ3n) is 3.43. The van der Waals surface area contributed by atoms with E-state index < -0.39 is 0 Å². The quantitative estimate of drug-likeness (QED) is 0.782. The molecule has 0 fully saturated rings. The largest absolute Gasteiger partial charge is 0.340 e. The molecule has 0 atom stereocenters. The fourth-order valence-corrected chi connectivity index (χ4v) is 2.53. The number of benzene rings is 1. The predicted octanol–water partition coefficient (Wildman–Crippen LogP) is 5.29. The molecule has 0 unspecified atom stereocenters. The van der Waals surface area contributed by atoms with E-state index in [1.54, 1.807) is 0 Å². The zero-order valence-electron chi connectivity index (χ0n) is 13.2. The molecule has 0 aliphatic rings. The summed E-state index contributed by atoms with van der Waals surface area (Å²) in [6.45, 7) is 10.8. The monoisotopic (exact) mass is 303 g/mol. The molecule has 0 saturated heterocycles. The van der Waals surface area contributed by atoms with Gasteiger partial charge >= 0.3 is 0 Å². The highest BCUT2D eigenvalue weighted by Gasteiger charge is 2.15. The minimum absolute atomic E-state index is 0.153. The van der Waals surface area contributed by atoms with Crippen LogP contribution in [-0.4, -0.2) is 9.97 Å². The number of halogens is 1. The Kier molecular flexibility index (Phi) is 4.52. The van der Waals surface area contributed by atoms with Gasteiger partial charge in [-0.15, -0.1) is 0 Å². The minimum atomic E-state index is 0.153. The van der Waals surface area contributed by atoms with Gasteiger partial charge in [-0.3, -0.25) is 0 Å². The fourth-order valence-electron chi connectivity index (χ4n) is 2.18. The molecule has 1 aromatic carbocycles. The number of hydrogen-bond acceptors (Lipinski definition) is 3. The van der Waals surface area contributed by atoms with Crippen molar-refractivity contribution in [1.82, 2.24) is 9.97 Å². The maximum Gasteiger partial charge on any atom is 0.138 e. The number of nitrogens with zero attached hydrogens (tertiary/aromatic N) is 2. The van der Waals surface area contributed by atoms with E-state index in [1.807, 2.05) is 0 Å². The lowest BCUT2D eigenvalue weighted by Gasteiger charge is -2.19. The van der Waals surface area contributed by atoms with Crippen LogP contribution in [0.3, 0.4) is 0 Å². The average Bonchev–Trinajstić information content (AvgIpc) is 2.38. The number of hydrogen-bond donors (Lipinski definition) is 1. The number of nitrogens with one attached hydrogen (secondary N) is 1. The van der Waals surface area contributed by atoms with Crippen LogP contribution < -0.4 is 5.32 Å².